The number of rotatable bonds is 3. The first kappa shape index (κ1) is 16.5. The molecule has 2 rings (SSSR count). The third-order valence-corrected chi connectivity index (χ3v) is 3.57. The van der Waals surface area contributed by atoms with Crippen LogP contribution in [0.3, 0.4) is 0 Å². The van der Waals surface area contributed by atoms with Gasteiger partial charge >= 0.3 is 11.9 Å². The van der Waals surface area contributed by atoms with Gasteiger partial charge in [0.15, 0.2) is 0 Å². The smallest absolute Gasteiger partial charge is 0.323 e. The molecule has 22 heavy (non-hydrogen) atoms. The summed E-state index contributed by atoms with van der Waals surface area (Å²) in [7, 11) is 1.37. The SMILES string of the molecule is COC(=O)[C@@H]1Cc2ccccc2CN1CC(=O)OC(C)(C)C. The predicted molar refractivity (Wildman–Crippen MR) is 82.2 cm³/mol. The maximum atomic E-state index is 12.1. The summed E-state index contributed by atoms with van der Waals surface area (Å²) in [6.45, 7) is 6.09. The fourth-order valence-corrected chi connectivity index (χ4v) is 2.65. The molecule has 0 unspecified atom stereocenters. The molecule has 0 saturated carbocycles. The van der Waals surface area contributed by atoms with E-state index in [2.05, 4.69) is 0 Å². The summed E-state index contributed by atoms with van der Waals surface area (Å²) in [6, 6.07) is 7.49. The van der Waals surface area contributed by atoms with Gasteiger partial charge in [0.05, 0.1) is 13.7 Å². The van der Waals surface area contributed by atoms with E-state index in [1.807, 2.05) is 49.9 Å². The molecule has 1 aliphatic rings. The van der Waals surface area contributed by atoms with E-state index in [-0.39, 0.29) is 18.5 Å². The van der Waals surface area contributed by atoms with Crippen LogP contribution in [0.25, 0.3) is 0 Å². The van der Waals surface area contributed by atoms with E-state index in [4.69, 9.17) is 9.47 Å². The molecule has 1 aromatic rings. The Hall–Kier alpha value is -1.88. The molecule has 0 N–H and O–H groups in total. The molecular formula is C17H23NO4. The van der Waals surface area contributed by atoms with E-state index in [1.54, 1.807) is 0 Å². The first-order valence-electron chi connectivity index (χ1n) is 7.40. The molecule has 1 aliphatic heterocycles. The number of hydrogen-bond donors (Lipinski definition) is 0. The lowest BCUT2D eigenvalue weighted by atomic mass is 9.94. The average Bonchev–Trinajstić information content (AvgIpc) is 2.43. The van der Waals surface area contributed by atoms with Crippen LogP contribution in [0.15, 0.2) is 24.3 Å². The Morgan fingerprint density at radius 3 is 2.45 bits per heavy atom. The highest BCUT2D eigenvalue weighted by Gasteiger charge is 2.34. The molecule has 0 aliphatic carbocycles. The topological polar surface area (TPSA) is 55.8 Å². The Kier molecular flexibility index (Phi) is 4.86. The number of benzene rings is 1. The van der Waals surface area contributed by atoms with Gasteiger partial charge in [0.2, 0.25) is 0 Å². The molecule has 0 saturated heterocycles. The minimum Gasteiger partial charge on any atom is -0.468 e. The van der Waals surface area contributed by atoms with Crippen molar-refractivity contribution in [2.24, 2.45) is 0 Å². The average molecular weight is 305 g/mol. The van der Waals surface area contributed by atoms with Crippen LogP contribution in [0.4, 0.5) is 0 Å². The van der Waals surface area contributed by atoms with Crippen LogP contribution >= 0.6 is 0 Å². The van der Waals surface area contributed by atoms with Gasteiger partial charge in [-0.2, -0.15) is 0 Å². The number of nitrogens with zero attached hydrogens (tertiary/aromatic N) is 1. The molecular weight excluding hydrogens is 282 g/mol. The Labute approximate surface area is 131 Å². The van der Waals surface area contributed by atoms with E-state index >= 15 is 0 Å². The number of carbonyl (C=O) groups excluding carboxylic acids is 2. The van der Waals surface area contributed by atoms with Crippen LogP contribution in [-0.2, 0) is 32.0 Å². The second-order valence-electron chi connectivity index (χ2n) is 6.50. The fourth-order valence-electron chi connectivity index (χ4n) is 2.65. The summed E-state index contributed by atoms with van der Waals surface area (Å²) in [5, 5.41) is 0. The van der Waals surface area contributed by atoms with Crippen molar-refractivity contribution >= 4 is 11.9 Å². The number of fused-ring (bicyclic) bond motifs is 1. The van der Waals surface area contributed by atoms with Gasteiger partial charge in [-0.1, -0.05) is 24.3 Å². The Bertz CT molecular complexity index is 562. The summed E-state index contributed by atoms with van der Waals surface area (Å²) < 4.78 is 10.2. The molecule has 1 atom stereocenters. The lowest BCUT2D eigenvalue weighted by molar-refractivity contribution is -0.159. The molecule has 5 heteroatoms. The summed E-state index contributed by atoms with van der Waals surface area (Å²) in [6.07, 6.45) is 0.547. The van der Waals surface area contributed by atoms with Gasteiger partial charge in [0.1, 0.15) is 11.6 Å². The Balaban J connectivity index is 2.16. The highest BCUT2D eigenvalue weighted by atomic mass is 16.6. The van der Waals surface area contributed by atoms with Gasteiger partial charge in [-0.3, -0.25) is 14.5 Å². The lowest BCUT2D eigenvalue weighted by Gasteiger charge is -2.34. The molecule has 0 spiro atoms. The molecule has 0 bridgehead atoms. The van der Waals surface area contributed by atoms with Crippen molar-refractivity contribution in [3.8, 4) is 0 Å². The zero-order chi connectivity index (χ0) is 16.3. The minimum atomic E-state index is -0.536. The third kappa shape index (κ3) is 4.07. The number of carbonyl (C=O) groups is 2. The van der Waals surface area contributed by atoms with Crippen molar-refractivity contribution in [2.45, 2.75) is 45.4 Å². The quantitative estimate of drug-likeness (QED) is 0.799. The van der Waals surface area contributed by atoms with Crippen LogP contribution in [0.5, 0.6) is 0 Å². The van der Waals surface area contributed by atoms with E-state index in [0.717, 1.165) is 11.1 Å². The van der Waals surface area contributed by atoms with E-state index in [0.29, 0.717) is 13.0 Å². The highest BCUT2D eigenvalue weighted by Crippen LogP contribution is 2.24. The molecule has 0 aromatic heterocycles. The second-order valence-corrected chi connectivity index (χ2v) is 6.50. The summed E-state index contributed by atoms with van der Waals surface area (Å²) >= 11 is 0. The minimum absolute atomic E-state index is 0.0748. The maximum absolute atomic E-state index is 12.1. The lowest BCUT2D eigenvalue weighted by Crippen LogP contribution is -2.49. The molecule has 0 radical (unpaired) electrons. The summed E-state index contributed by atoms with van der Waals surface area (Å²) in [5.74, 6) is -0.654. The van der Waals surface area contributed by atoms with Gasteiger partial charge in [0.25, 0.3) is 0 Å². The zero-order valence-electron chi connectivity index (χ0n) is 13.6. The number of esters is 2. The molecule has 0 amide bonds. The molecule has 1 aromatic carbocycles. The van der Waals surface area contributed by atoms with Gasteiger partial charge in [0, 0.05) is 6.54 Å². The first-order valence-corrected chi connectivity index (χ1v) is 7.40. The van der Waals surface area contributed by atoms with E-state index in [1.165, 1.54) is 7.11 Å². The maximum Gasteiger partial charge on any atom is 0.323 e. The van der Waals surface area contributed by atoms with Crippen molar-refractivity contribution in [3.05, 3.63) is 35.4 Å². The largest absolute Gasteiger partial charge is 0.468 e. The van der Waals surface area contributed by atoms with Crippen molar-refractivity contribution in [1.82, 2.24) is 4.90 Å². The van der Waals surface area contributed by atoms with Crippen LogP contribution in [0.2, 0.25) is 0 Å². The third-order valence-electron chi connectivity index (χ3n) is 3.57. The summed E-state index contributed by atoms with van der Waals surface area (Å²) in [5.41, 5.74) is 1.72. The van der Waals surface area contributed by atoms with E-state index < -0.39 is 11.6 Å². The predicted octanol–water partition coefficient (Wildman–Crippen LogP) is 1.93. The Morgan fingerprint density at radius 1 is 1.23 bits per heavy atom. The number of hydrogen-bond acceptors (Lipinski definition) is 5. The number of ether oxygens (including phenoxy) is 2. The number of methoxy groups -OCH3 is 1. The monoisotopic (exact) mass is 305 g/mol. The molecule has 1 heterocycles. The highest BCUT2D eigenvalue weighted by molar-refractivity contribution is 5.78. The molecule has 120 valence electrons. The second kappa shape index (κ2) is 6.48. The van der Waals surface area contributed by atoms with Crippen molar-refractivity contribution in [3.63, 3.8) is 0 Å². The van der Waals surface area contributed by atoms with Crippen LogP contribution < -0.4 is 0 Å². The van der Waals surface area contributed by atoms with Crippen molar-refractivity contribution in [1.29, 1.82) is 0 Å². The van der Waals surface area contributed by atoms with Gasteiger partial charge in [-0.05, 0) is 38.3 Å². The van der Waals surface area contributed by atoms with Crippen molar-refractivity contribution in [2.75, 3.05) is 13.7 Å². The molecule has 0 fully saturated rings. The normalized spacial score (nSPS) is 18.5. The van der Waals surface area contributed by atoms with Gasteiger partial charge in [-0.25, -0.2) is 0 Å². The molecule has 5 nitrogen and oxygen atoms in total. The van der Waals surface area contributed by atoms with Gasteiger partial charge < -0.3 is 9.47 Å². The van der Waals surface area contributed by atoms with Gasteiger partial charge in [-0.15, -0.1) is 0 Å². The van der Waals surface area contributed by atoms with Crippen molar-refractivity contribution < 1.29 is 19.1 Å². The van der Waals surface area contributed by atoms with Crippen LogP contribution in [0, 0.1) is 0 Å². The summed E-state index contributed by atoms with van der Waals surface area (Å²) in [4.78, 5) is 25.9. The standard InChI is InChI=1S/C17H23NO4/c1-17(2,3)22-15(19)11-18-10-13-8-6-5-7-12(13)9-14(18)16(20)21-4/h5-8,14H,9-11H2,1-4H3/t14-/m0/s1. The van der Waals surface area contributed by atoms with Crippen LogP contribution in [0.1, 0.15) is 31.9 Å². The van der Waals surface area contributed by atoms with E-state index in [9.17, 15) is 9.59 Å². The zero-order valence-corrected chi connectivity index (χ0v) is 13.6. The van der Waals surface area contributed by atoms with Crippen LogP contribution in [-0.4, -0.2) is 42.1 Å². The fraction of sp³-hybridized carbons (Fsp3) is 0.529. The first-order chi connectivity index (χ1) is 10.3. The Morgan fingerprint density at radius 2 is 1.86 bits per heavy atom.